The molecule has 1 fully saturated rings. The molecule has 1 saturated heterocycles. The number of carbonyl (C=O) groups excluding carboxylic acids is 1. The number of aliphatic carboxylic acids is 1. The van der Waals surface area contributed by atoms with E-state index in [2.05, 4.69) is 10.3 Å². The van der Waals surface area contributed by atoms with Gasteiger partial charge in [0, 0.05) is 37.8 Å². The third kappa shape index (κ3) is 3.62. The van der Waals surface area contributed by atoms with Gasteiger partial charge in [0.15, 0.2) is 0 Å². The first-order valence-corrected chi connectivity index (χ1v) is 6.75. The van der Waals surface area contributed by atoms with Gasteiger partial charge >= 0.3 is 12.0 Å². The van der Waals surface area contributed by atoms with Gasteiger partial charge in [-0.1, -0.05) is 6.92 Å². The molecule has 0 spiro atoms. The van der Waals surface area contributed by atoms with Crippen LogP contribution in [0.15, 0.2) is 18.3 Å². The number of urea groups is 1. The minimum Gasteiger partial charge on any atom is -0.481 e. The molecule has 0 saturated carbocycles. The highest BCUT2D eigenvalue weighted by atomic mass is 16.5. The fourth-order valence-corrected chi connectivity index (χ4v) is 2.16. The van der Waals surface area contributed by atoms with E-state index < -0.39 is 11.9 Å². The normalized spacial score (nSPS) is 16.0. The number of rotatable bonds is 5. The van der Waals surface area contributed by atoms with Gasteiger partial charge in [0.25, 0.3) is 0 Å². The molecule has 2 rings (SSSR count). The van der Waals surface area contributed by atoms with Crippen molar-refractivity contribution in [2.24, 2.45) is 11.8 Å². The van der Waals surface area contributed by atoms with Crippen LogP contribution in [0.25, 0.3) is 0 Å². The van der Waals surface area contributed by atoms with Gasteiger partial charge in [-0.2, -0.15) is 0 Å². The largest absolute Gasteiger partial charge is 0.481 e. The number of carbonyl (C=O) groups is 2. The van der Waals surface area contributed by atoms with Gasteiger partial charge in [-0.25, -0.2) is 9.78 Å². The Morgan fingerprint density at radius 3 is 2.90 bits per heavy atom. The van der Waals surface area contributed by atoms with Crippen molar-refractivity contribution >= 4 is 12.0 Å². The van der Waals surface area contributed by atoms with Gasteiger partial charge in [-0.3, -0.25) is 4.79 Å². The summed E-state index contributed by atoms with van der Waals surface area (Å²) in [5.74, 6) is -0.697. The molecule has 7 heteroatoms. The van der Waals surface area contributed by atoms with Crippen LogP contribution < -0.4 is 10.1 Å². The topological polar surface area (TPSA) is 91.8 Å². The molecular weight excluding hydrogens is 274 g/mol. The molecule has 1 unspecified atom stereocenters. The number of pyridine rings is 1. The fraction of sp³-hybridized carbons (Fsp3) is 0.500. The van der Waals surface area contributed by atoms with Crippen LogP contribution in [0.3, 0.4) is 0 Å². The number of amides is 2. The molecule has 0 bridgehead atoms. The SMILES string of the molecule is COc1cc(CNC(=O)N2CC(C(C)C(=O)O)C2)ccn1. The molecule has 2 N–H and O–H groups in total. The van der Waals surface area contributed by atoms with Gasteiger partial charge in [-0.05, 0) is 11.6 Å². The van der Waals surface area contributed by atoms with Crippen LogP contribution in [0.5, 0.6) is 5.88 Å². The highest BCUT2D eigenvalue weighted by molar-refractivity contribution is 5.76. The molecule has 0 aliphatic carbocycles. The Morgan fingerprint density at radius 1 is 1.57 bits per heavy atom. The van der Waals surface area contributed by atoms with E-state index in [-0.39, 0.29) is 11.9 Å². The number of carboxylic acid groups (broad SMARTS) is 1. The lowest BCUT2D eigenvalue weighted by atomic mass is 9.87. The molecule has 1 aliphatic rings. The van der Waals surface area contributed by atoms with Gasteiger partial charge in [-0.15, -0.1) is 0 Å². The number of hydrogen-bond donors (Lipinski definition) is 2. The van der Waals surface area contributed by atoms with Crippen molar-refractivity contribution in [1.82, 2.24) is 15.2 Å². The molecule has 21 heavy (non-hydrogen) atoms. The van der Waals surface area contributed by atoms with Crippen molar-refractivity contribution in [3.63, 3.8) is 0 Å². The van der Waals surface area contributed by atoms with Gasteiger partial charge in [0.2, 0.25) is 5.88 Å². The Balaban J connectivity index is 1.77. The fourth-order valence-electron chi connectivity index (χ4n) is 2.16. The van der Waals surface area contributed by atoms with Gasteiger partial charge in [0.05, 0.1) is 13.0 Å². The van der Waals surface area contributed by atoms with Crippen LogP contribution in [0.4, 0.5) is 4.79 Å². The van der Waals surface area contributed by atoms with Crippen molar-refractivity contribution in [3.8, 4) is 5.88 Å². The molecular formula is C14H19N3O4. The summed E-state index contributed by atoms with van der Waals surface area (Å²) in [6.07, 6.45) is 1.62. The average Bonchev–Trinajstić information content (AvgIpc) is 2.43. The van der Waals surface area contributed by atoms with E-state index in [1.165, 1.54) is 7.11 Å². The summed E-state index contributed by atoms with van der Waals surface area (Å²) in [5, 5.41) is 11.7. The molecule has 114 valence electrons. The molecule has 0 radical (unpaired) electrons. The van der Waals surface area contributed by atoms with Crippen LogP contribution in [-0.4, -0.2) is 47.2 Å². The van der Waals surface area contributed by atoms with E-state index in [0.717, 1.165) is 5.56 Å². The van der Waals surface area contributed by atoms with Gasteiger partial charge in [0.1, 0.15) is 0 Å². The summed E-state index contributed by atoms with van der Waals surface area (Å²) < 4.78 is 5.01. The van der Waals surface area contributed by atoms with E-state index in [9.17, 15) is 9.59 Å². The molecule has 2 heterocycles. The monoisotopic (exact) mass is 293 g/mol. The summed E-state index contributed by atoms with van der Waals surface area (Å²) in [6, 6.07) is 3.37. The number of ether oxygens (including phenoxy) is 1. The maximum Gasteiger partial charge on any atom is 0.317 e. The van der Waals surface area contributed by atoms with Crippen LogP contribution in [0.2, 0.25) is 0 Å². The van der Waals surface area contributed by atoms with Crippen LogP contribution in [0.1, 0.15) is 12.5 Å². The molecule has 7 nitrogen and oxygen atoms in total. The van der Waals surface area contributed by atoms with Gasteiger partial charge < -0.3 is 20.1 Å². The summed E-state index contributed by atoms with van der Waals surface area (Å²) in [6.45, 7) is 3.02. The van der Waals surface area contributed by atoms with Crippen LogP contribution in [-0.2, 0) is 11.3 Å². The van der Waals surface area contributed by atoms with E-state index in [0.29, 0.717) is 25.5 Å². The average molecular weight is 293 g/mol. The number of nitrogens with one attached hydrogen (secondary N) is 1. The maximum atomic E-state index is 11.9. The first-order valence-electron chi connectivity index (χ1n) is 6.75. The molecule has 2 amide bonds. The summed E-state index contributed by atoms with van der Waals surface area (Å²) in [5.41, 5.74) is 0.895. The molecule has 1 atom stereocenters. The van der Waals surface area contributed by atoms with E-state index >= 15 is 0 Å². The predicted molar refractivity (Wildman–Crippen MR) is 74.9 cm³/mol. The molecule has 0 aromatic carbocycles. The van der Waals surface area contributed by atoms with Crippen molar-refractivity contribution in [2.45, 2.75) is 13.5 Å². The lowest BCUT2D eigenvalue weighted by Crippen LogP contribution is -2.56. The van der Waals surface area contributed by atoms with Crippen molar-refractivity contribution in [1.29, 1.82) is 0 Å². The Bertz CT molecular complexity index is 529. The maximum absolute atomic E-state index is 11.9. The Kier molecular flexibility index (Phi) is 4.62. The Hall–Kier alpha value is -2.31. The number of likely N-dealkylation sites (tertiary alicyclic amines) is 1. The second-order valence-electron chi connectivity index (χ2n) is 5.16. The first-order chi connectivity index (χ1) is 10.0. The van der Waals surface area contributed by atoms with Crippen LogP contribution in [0, 0.1) is 11.8 Å². The quantitative estimate of drug-likeness (QED) is 0.843. The number of nitrogens with zero attached hydrogens (tertiary/aromatic N) is 2. The molecule has 1 aromatic rings. The minimum absolute atomic E-state index is 0.0364. The van der Waals surface area contributed by atoms with E-state index in [1.54, 1.807) is 30.2 Å². The number of carboxylic acids is 1. The molecule has 1 aliphatic heterocycles. The lowest BCUT2D eigenvalue weighted by Gasteiger charge is -2.41. The van der Waals surface area contributed by atoms with Crippen molar-refractivity contribution < 1.29 is 19.4 Å². The van der Waals surface area contributed by atoms with Crippen molar-refractivity contribution in [2.75, 3.05) is 20.2 Å². The zero-order valence-corrected chi connectivity index (χ0v) is 12.1. The molecule has 1 aromatic heterocycles. The minimum atomic E-state index is -0.816. The standard InChI is InChI=1S/C14H19N3O4/c1-9(13(18)19)11-7-17(8-11)14(20)16-6-10-3-4-15-12(5-10)21-2/h3-5,9,11H,6-8H2,1-2H3,(H,16,20)(H,18,19). The number of hydrogen-bond acceptors (Lipinski definition) is 4. The highest BCUT2D eigenvalue weighted by Crippen LogP contribution is 2.23. The smallest absolute Gasteiger partial charge is 0.317 e. The second kappa shape index (κ2) is 6.43. The second-order valence-corrected chi connectivity index (χ2v) is 5.16. The third-order valence-corrected chi connectivity index (χ3v) is 3.75. The van der Waals surface area contributed by atoms with E-state index in [1.807, 2.05) is 0 Å². The van der Waals surface area contributed by atoms with Crippen LogP contribution >= 0.6 is 0 Å². The first kappa shape index (κ1) is 15.1. The van der Waals surface area contributed by atoms with Crippen molar-refractivity contribution in [3.05, 3.63) is 23.9 Å². The zero-order valence-electron chi connectivity index (χ0n) is 12.1. The number of aromatic nitrogens is 1. The Morgan fingerprint density at radius 2 is 2.29 bits per heavy atom. The lowest BCUT2D eigenvalue weighted by molar-refractivity contribution is -0.144. The summed E-state index contributed by atoms with van der Waals surface area (Å²) >= 11 is 0. The highest BCUT2D eigenvalue weighted by Gasteiger charge is 2.36. The number of methoxy groups -OCH3 is 1. The summed E-state index contributed by atoms with van der Waals surface area (Å²) in [7, 11) is 1.54. The predicted octanol–water partition coefficient (Wildman–Crippen LogP) is 0.952. The summed E-state index contributed by atoms with van der Waals surface area (Å²) in [4.78, 5) is 28.4. The Labute approximate surface area is 122 Å². The zero-order chi connectivity index (χ0) is 15.4. The van der Waals surface area contributed by atoms with E-state index in [4.69, 9.17) is 9.84 Å². The third-order valence-electron chi connectivity index (χ3n) is 3.75.